The molecule has 0 amide bonds. The number of carboxylic acids is 1. The predicted molar refractivity (Wildman–Crippen MR) is 113 cm³/mol. The second-order valence-electron chi connectivity index (χ2n) is 7.21. The minimum atomic E-state index is -1.38. The molecule has 2 aromatic carbocycles. The van der Waals surface area contributed by atoms with Gasteiger partial charge in [0.25, 0.3) is 0 Å². The van der Waals surface area contributed by atoms with Gasteiger partial charge in [-0.3, -0.25) is 0 Å². The second-order valence-corrected chi connectivity index (χ2v) is 12.1. The zero-order valence-corrected chi connectivity index (χ0v) is 17.5. The summed E-state index contributed by atoms with van der Waals surface area (Å²) in [5, 5.41) is 12.2. The average molecular weight is 410 g/mol. The topological polar surface area (TPSA) is 72.4 Å². The molecule has 1 heterocycles. The lowest BCUT2D eigenvalue weighted by atomic mass is 10.00. The van der Waals surface area contributed by atoms with Crippen molar-refractivity contribution in [1.82, 2.24) is 4.72 Å². The van der Waals surface area contributed by atoms with Crippen LogP contribution >= 0.6 is 23.5 Å². The van der Waals surface area contributed by atoms with E-state index in [2.05, 4.69) is 4.72 Å². The highest BCUT2D eigenvalue weighted by atomic mass is 32.2. The van der Waals surface area contributed by atoms with E-state index in [-0.39, 0.29) is 0 Å². The van der Waals surface area contributed by atoms with Crippen molar-refractivity contribution in [3.63, 3.8) is 0 Å². The normalized spacial score (nSPS) is 19.4. The lowest BCUT2D eigenvalue weighted by Gasteiger charge is -2.35. The fraction of sp³-hybridized carbons (Fsp3) is 0.421. The van der Waals surface area contributed by atoms with Gasteiger partial charge in [0.05, 0.1) is 0 Å². The number of carbonyl (C=O) groups is 1. The average Bonchev–Trinajstić information content (AvgIpc) is 3.09. The van der Waals surface area contributed by atoms with Crippen LogP contribution < -0.4 is 4.72 Å². The Kier molecular flexibility index (Phi) is 5.84. The molecule has 7 heteroatoms. The van der Waals surface area contributed by atoms with Crippen molar-refractivity contribution in [3.8, 4) is 0 Å². The summed E-state index contributed by atoms with van der Waals surface area (Å²) in [5.74, 6) is 0.664. The molecule has 4 nitrogen and oxygen atoms in total. The molecule has 0 spiro atoms. The van der Waals surface area contributed by atoms with E-state index in [0.717, 1.165) is 27.8 Å². The Morgan fingerprint density at radius 3 is 2.38 bits per heavy atom. The van der Waals surface area contributed by atoms with Crippen molar-refractivity contribution in [2.75, 3.05) is 11.5 Å². The molecule has 2 N–H and O–H groups in total. The molecular formula is C19H23NO3S3. The van der Waals surface area contributed by atoms with Crippen LogP contribution in [0, 0.1) is 0 Å². The molecule has 1 fully saturated rings. The van der Waals surface area contributed by atoms with Gasteiger partial charge in [-0.2, -0.15) is 0 Å². The molecule has 3 rings (SSSR count). The summed E-state index contributed by atoms with van der Waals surface area (Å²) in [4.78, 5) is 12.3. The summed E-state index contributed by atoms with van der Waals surface area (Å²) in [7, 11) is 0. The first kappa shape index (κ1) is 19.9. The quantitative estimate of drug-likeness (QED) is 0.722. The maximum absolute atomic E-state index is 12.8. The van der Waals surface area contributed by atoms with Crippen LogP contribution in [-0.2, 0) is 16.2 Å². The van der Waals surface area contributed by atoms with Crippen LogP contribution in [0.1, 0.15) is 32.4 Å². The number of thioether (sulfide) groups is 2. The van der Waals surface area contributed by atoms with Gasteiger partial charge in [0, 0.05) is 22.9 Å². The van der Waals surface area contributed by atoms with Crippen LogP contribution in [-0.4, -0.2) is 36.0 Å². The summed E-state index contributed by atoms with van der Waals surface area (Å²) in [6.07, 6.45) is 0. The molecule has 1 saturated heterocycles. The van der Waals surface area contributed by atoms with Gasteiger partial charge in [0.1, 0.15) is 10.8 Å². The molecular weight excluding hydrogens is 386 g/mol. The maximum Gasteiger partial charge on any atom is 0.332 e. The maximum atomic E-state index is 12.8. The van der Waals surface area contributed by atoms with E-state index in [0.29, 0.717) is 0 Å². The SMILES string of the molecule is CC(C)(C)[S+]([O-])N[C@@H](c1ccc2ccccc2c1)C1(C(=O)O)SCCS1. The highest BCUT2D eigenvalue weighted by molar-refractivity contribution is 8.22. The fourth-order valence-corrected chi connectivity index (χ4v) is 6.98. The summed E-state index contributed by atoms with van der Waals surface area (Å²) in [5.41, 5.74) is 0.852. The first-order chi connectivity index (χ1) is 12.2. The smallest absolute Gasteiger partial charge is 0.332 e. The number of benzene rings is 2. The Hall–Kier alpha value is -0.860. The van der Waals surface area contributed by atoms with Crippen molar-refractivity contribution in [2.24, 2.45) is 0 Å². The van der Waals surface area contributed by atoms with Crippen molar-refractivity contribution in [2.45, 2.75) is 35.6 Å². The predicted octanol–water partition coefficient (Wildman–Crippen LogP) is 4.19. The Morgan fingerprint density at radius 1 is 1.19 bits per heavy atom. The molecule has 0 aromatic heterocycles. The molecule has 1 unspecified atom stereocenters. The van der Waals surface area contributed by atoms with Gasteiger partial charge in [-0.25, -0.2) is 4.79 Å². The van der Waals surface area contributed by atoms with Gasteiger partial charge in [0.2, 0.25) is 0 Å². The number of hydrogen-bond donors (Lipinski definition) is 2. The number of fused-ring (bicyclic) bond motifs is 1. The first-order valence-electron chi connectivity index (χ1n) is 8.42. The number of hydrogen-bond acceptors (Lipinski definition) is 5. The number of nitrogens with one attached hydrogen (secondary N) is 1. The van der Waals surface area contributed by atoms with E-state index in [4.69, 9.17) is 0 Å². The third kappa shape index (κ3) is 3.87. The lowest BCUT2D eigenvalue weighted by molar-refractivity contribution is -0.137. The van der Waals surface area contributed by atoms with Gasteiger partial charge in [0.15, 0.2) is 4.08 Å². The van der Waals surface area contributed by atoms with Crippen LogP contribution in [0.15, 0.2) is 42.5 Å². The van der Waals surface area contributed by atoms with E-state index < -0.39 is 32.2 Å². The van der Waals surface area contributed by atoms with Gasteiger partial charge < -0.3 is 9.66 Å². The van der Waals surface area contributed by atoms with Gasteiger partial charge in [-0.15, -0.1) is 28.2 Å². The zero-order chi connectivity index (χ0) is 18.9. The Balaban J connectivity index is 2.08. The fourth-order valence-electron chi connectivity index (χ4n) is 2.88. The van der Waals surface area contributed by atoms with Crippen molar-refractivity contribution < 1.29 is 14.5 Å². The third-order valence-corrected chi connectivity index (χ3v) is 9.30. The highest BCUT2D eigenvalue weighted by Crippen LogP contribution is 2.52. The summed E-state index contributed by atoms with van der Waals surface area (Å²) in [6, 6.07) is 13.4. The van der Waals surface area contributed by atoms with Gasteiger partial charge in [-0.1, -0.05) is 36.4 Å². The highest BCUT2D eigenvalue weighted by Gasteiger charge is 2.53. The van der Waals surface area contributed by atoms with E-state index in [1.54, 1.807) is 0 Å². The van der Waals surface area contributed by atoms with Crippen LogP contribution in [0.25, 0.3) is 10.8 Å². The Labute approximate surface area is 165 Å². The van der Waals surface area contributed by atoms with Crippen molar-refractivity contribution in [1.29, 1.82) is 0 Å². The molecule has 26 heavy (non-hydrogen) atoms. The monoisotopic (exact) mass is 409 g/mol. The first-order valence-corrected chi connectivity index (χ1v) is 11.5. The lowest BCUT2D eigenvalue weighted by Crippen LogP contribution is -2.50. The Bertz CT molecular complexity index is 800. The summed E-state index contributed by atoms with van der Waals surface area (Å²) < 4.78 is 14.4. The van der Waals surface area contributed by atoms with E-state index in [9.17, 15) is 14.5 Å². The molecule has 1 aliphatic heterocycles. The summed E-state index contributed by atoms with van der Waals surface area (Å²) >= 11 is 1.47. The Morgan fingerprint density at radius 2 is 1.81 bits per heavy atom. The minimum absolute atomic E-state index is 0.483. The van der Waals surface area contributed by atoms with Crippen molar-refractivity contribution in [3.05, 3.63) is 48.0 Å². The summed E-state index contributed by atoms with van der Waals surface area (Å²) in [6.45, 7) is 5.65. The van der Waals surface area contributed by atoms with Gasteiger partial charge in [-0.05, 0) is 43.2 Å². The largest absolute Gasteiger partial charge is 0.598 e. The number of carboxylic acid groups (broad SMARTS) is 1. The van der Waals surface area contributed by atoms with Crippen LogP contribution in [0.2, 0.25) is 0 Å². The van der Waals surface area contributed by atoms with E-state index >= 15 is 0 Å². The molecule has 0 radical (unpaired) electrons. The molecule has 2 aromatic rings. The second kappa shape index (κ2) is 7.64. The molecule has 0 saturated carbocycles. The zero-order valence-electron chi connectivity index (χ0n) is 15.0. The van der Waals surface area contributed by atoms with Crippen molar-refractivity contribution >= 4 is 51.6 Å². The molecule has 140 valence electrons. The van der Waals surface area contributed by atoms with Crippen LogP contribution in [0.4, 0.5) is 0 Å². The number of rotatable bonds is 5. The van der Waals surface area contributed by atoms with Crippen LogP contribution in [0.3, 0.4) is 0 Å². The van der Waals surface area contributed by atoms with E-state index in [1.807, 2.05) is 63.2 Å². The third-order valence-electron chi connectivity index (χ3n) is 4.28. The minimum Gasteiger partial charge on any atom is -0.598 e. The molecule has 0 aliphatic carbocycles. The molecule has 1 aliphatic rings. The van der Waals surface area contributed by atoms with Crippen LogP contribution in [0.5, 0.6) is 0 Å². The van der Waals surface area contributed by atoms with Gasteiger partial charge >= 0.3 is 5.97 Å². The molecule has 2 atom stereocenters. The van der Waals surface area contributed by atoms with E-state index in [1.165, 1.54) is 23.5 Å². The number of aliphatic carboxylic acids is 1. The molecule has 0 bridgehead atoms. The standard InChI is InChI=1S/C19H23NO3S3/c1-18(2,3)26(23)20-16(19(17(21)22)24-10-11-25-19)15-9-8-13-6-4-5-7-14(13)12-15/h4-9,12,16,20H,10-11H2,1-3H3,(H,21,22)/t16-,26?/m0/s1.